The molecule has 0 aromatic heterocycles. The van der Waals surface area contributed by atoms with Gasteiger partial charge in [-0.15, -0.1) is 0 Å². The van der Waals surface area contributed by atoms with Crippen LogP contribution in [0.1, 0.15) is 24.2 Å². The summed E-state index contributed by atoms with van der Waals surface area (Å²) in [5.41, 5.74) is -1.99. The van der Waals surface area contributed by atoms with Gasteiger partial charge in [0.2, 0.25) is 0 Å². The number of aliphatic hydroxyl groups is 1. The van der Waals surface area contributed by atoms with Crippen molar-refractivity contribution in [1.82, 2.24) is 4.90 Å². The molecule has 1 aromatic carbocycles. The van der Waals surface area contributed by atoms with E-state index in [-0.39, 0.29) is 0 Å². The molecule has 0 bridgehead atoms. The fourth-order valence-electron chi connectivity index (χ4n) is 1.29. The van der Waals surface area contributed by atoms with Crippen LogP contribution in [0.15, 0.2) is 6.07 Å². The highest BCUT2D eigenvalue weighted by molar-refractivity contribution is 5.94. The summed E-state index contributed by atoms with van der Waals surface area (Å²) in [7, 11) is 1.23. The molecule has 106 valence electrons. The van der Waals surface area contributed by atoms with Crippen molar-refractivity contribution in [3.05, 3.63) is 34.9 Å². The van der Waals surface area contributed by atoms with Crippen LogP contribution < -0.4 is 0 Å². The standard InChI is InChI=1S/C12H13F4NO2/c1-12(2,5-18)17(3)11(19)6-4-7(13)9(15)10(16)8(6)14/h4,18H,5H2,1-3H3. The Balaban J connectivity index is 3.29. The molecule has 0 spiro atoms. The van der Waals surface area contributed by atoms with Gasteiger partial charge in [0.25, 0.3) is 5.91 Å². The van der Waals surface area contributed by atoms with Gasteiger partial charge >= 0.3 is 0 Å². The number of likely N-dealkylation sites (N-methyl/N-ethyl adjacent to an activating group) is 1. The first-order chi connectivity index (χ1) is 8.63. The maximum Gasteiger partial charge on any atom is 0.257 e. The molecule has 1 amide bonds. The molecule has 0 radical (unpaired) electrons. The van der Waals surface area contributed by atoms with Gasteiger partial charge in [-0.05, 0) is 19.9 Å². The molecule has 0 aliphatic heterocycles. The Hall–Kier alpha value is -1.63. The normalized spacial score (nSPS) is 11.6. The van der Waals surface area contributed by atoms with E-state index >= 15 is 0 Å². The highest BCUT2D eigenvalue weighted by Crippen LogP contribution is 2.22. The highest BCUT2D eigenvalue weighted by atomic mass is 19.2. The molecule has 0 saturated heterocycles. The van der Waals surface area contributed by atoms with Gasteiger partial charge in [0.05, 0.1) is 17.7 Å². The van der Waals surface area contributed by atoms with Gasteiger partial charge in [-0.3, -0.25) is 4.79 Å². The summed E-state index contributed by atoms with van der Waals surface area (Å²) in [4.78, 5) is 12.8. The van der Waals surface area contributed by atoms with E-state index in [9.17, 15) is 22.4 Å². The summed E-state index contributed by atoms with van der Waals surface area (Å²) in [5, 5.41) is 9.09. The third-order valence-electron chi connectivity index (χ3n) is 2.93. The van der Waals surface area contributed by atoms with Crippen LogP contribution in [0.4, 0.5) is 17.6 Å². The topological polar surface area (TPSA) is 40.5 Å². The molecule has 7 heteroatoms. The van der Waals surface area contributed by atoms with Crippen LogP contribution >= 0.6 is 0 Å². The molecule has 0 atom stereocenters. The van der Waals surface area contributed by atoms with Crippen LogP contribution in [-0.4, -0.2) is 35.1 Å². The van der Waals surface area contributed by atoms with E-state index in [1.165, 1.54) is 20.9 Å². The molecule has 0 fully saturated rings. The molecule has 1 aromatic rings. The Labute approximate surface area is 107 Å². The molecule has 19 heavy (non-hydrogen) atoms. The number of carbonyl (C=O) groups is 1. The molecule has 0 unspecified atom stereocenters. The van der Waals surface area contributed by atoms with Crippen LogP contribution in [0.2, 0.25) is 0 Å². The van der Waals surface area contributed by atoms with E-state index in [1.54, 1.807) is 0 Å². The van der Waals surface area contributed by atoms with Crippen molar-refractivity contribution in [2.75, 3.05) is 13.7 Å². The summed E-state index contributed by atoms with van der Waals surface area (Å²) < 4.78 is 52.3. The minimum atomic E-state index is -2.04. The SMILES string of the molecule is CN(C(=O)c1cc(F)c(F)c(F)c1F)C(C)(C)CO. The summed E-state index contributed by atoms with van der Waals surface area (Å²) >= 11 is 0. The zero-order valence-electron chi connectivity index (χ0n) is 10.6. The van der Waals surface area contributed by atoms with Crippen LogP contribution in [0.3, 0.4) is 0 Å². The summed E-state index contributed by atoms with van der Waals surface area (Å²) in [5.74, 6) is -8.49. The van der Waals surface area contributed by atoms with Crippen molar-refractivity contribution in [3.8, 4) is 0 Å². The Bertz CT molecular complexity index is 517. The fraction of sp³-hybridized carbons (Fsp3) is 0.417. The van der Waals surface area contributed by atoms with Crippen molar-refractivity contribution < 1.29 is 27.5 Å². The predicted molar refractivity (Wildman–Crippen MR) is 59.5 cm³/mol. The van der Waals surface area contributed by atoms with Gasteiger partial charge in [0.1, 0.15) is 0 Å². The third kappa shape index (κ3) is 2.70. The molecule has 0 aliphatic rings. The zero-order valence-corrected chi connectivity index (χ0v) is 10.6. The molecule has 1 rings (SSSR count). The van der Waals surface area contributed by atoms with Gasteiger partial charge in [-0.1, -0.05) is 0 Å². The molecule has 0 aliphatic carbocycles. The minimum absolute atomic E-state index is 0.292. The minimum Gasteiger partial charge on any atom is -0.394 e. The lowest BCUT2D eigenvalue weighted by Crippen LogP contribution is -2.48. The Morgan fingerprint density at radius 1 is 1.21 bits per heavy atom. The smallest absolute Gasteiger partial charge is 0.257 e. The lowest BCUT2D eigenvalue weighted by molar-refractivity contribution is 0.0467. The maximum absolute atomic E-state index is 13.5. The largest absolute Gasteiger partial charge is 0.394 e. The second kappa shape index (κ2) is 5.16. The van der Waals surface area contributed by atoms with Crippen LogP contribution in [0.25, 0.3) is 0 Å². The number of hydrogen-bond acceptors (Lipinski definition) is 2. The number of carbonyl (C=O) groups excluding carboxylic acids is 1. The fourth-order valence-corrected chi connectivity index (χ4v) is 1.29. The molecule has 0 heterocycles. The second-order valence-corrected chi connectivity index (χ2v) is 4.68. The molecular weight excluding hydrogens is 266 g/mol. The van der Waals surface area contributed by atoms with Crippen LogP contribution in [0, 0.1) is 23.3 Å². The number of nitrogens with zero attached hydrogens (tertiary/aromatic N) is 1. The first kappa shape index (κ1) is 15.4. The Morgan fingerprint density at radius 3 is 2.21 bits per heavy atom. The first-order valence-electron chi connectivity index (χ1n) is 5.35. The molecule has 0 saturated carbocycles. The molecule has 3 nitrogen and oxygen atoms in total. The quantitative estimate of drug-likeness (QED) is 0.523. The van der Waals surface area contributed by atoms with Crippen LogP contribution in [0.5, 0.6) is 0 Å². The number of benzene rings is 1. The predicted octanol–water partition coefficient (Wildman–Crippen LogP) is 2.09. The summed E-state index contributed by atoms with van der Waals surface area (Å²) in [6.45, 7) is 2.50. The lowest BCUT2D eigenvalue weighted by Gasteiger charge is -2.34. The van der Waals surface area contributed by atoms with E-state index in [0.29, 0.717) is 6.07 Å². The van der Waals surface area contributed by atoms with E-state index in [2.05, 4.69) is 0 Å². The first-order valence-corrected chi connectivity index (χ1v) is 5.35. The van der Waals surface area contributed by atoms with Crippen molar-refractivity contribution >= 4 is 5.91 Å². The highest BCUT2D eigenvalue weighted by Gasteiger charge is 2.31. The van der Waals surface area contributed by atoms with Gasteiger partial charge in [0, 0.05) is 7.05 Å². The van der Waals surface area contributed by atoms with Gasteiger partial charge in [-0.2, -0.15) is 0 Å². The second-order valence-electron chi connectivity index (χ2n) is 4.68. The number of aliphatic hydroxyl groups excluding tert-OH is 1. The Kier molecular flexibility index (Phi) is 4.19. The summed E-state index contributed by atoms with van der Waals surface area (Å²) in [6.07, 6.45) is 0. The monoisotopic (exact) mass is 279 g/mol. The summed E-state index contributed by atoms with van der Waals surface area (Å²) in [6, 6.07) is 0.292. The maximum atomic E-state index is 13.5. The van der Waals surface area contributed by atoms with E-state index in [0.717, 1.165) is 4.90 Å². The van der Waals surface area contributed by atoms with Crippen molar-refractivity contribution in [2.45, 2.75) is 19.4 Å². The number of halogens is 4. The number of amides is 1. The van der Waals surface area contributed by atoms with E-state index < -0.39 is 46.9 Å². The van der Waals surface area contributed by atoms with Crippen molar-refractivity contribution in [2.24, 2.45) is 0 Å². The number of hydrogen-bond donors (Lipinski definition) is 1. The molecular formula is C12H13F4NO2. The zero-order chi connectivity index (χ0) is 15.0. The van der Waals surface area contributed by atoms with Gasteiger partial charge < -0.3 is 10.0 Å². The van der Waals surface area contributed by atoms with Crippen molar-refractivity contribution in [3.63, 3.8) is 0 Å². The average molecular weight is 279 g/mol. The molecule has 1 N–H and O–H groups in total. The lowest BCUT2D eigenvalue weighted by atomic mass is 10.0. The number of rotatable bonds is 3. The van der Waals surface area contributed by atoms with Gasteiger partial charge in [-0.25, -0.2) is 17.6 Å². The van der Waals surface area contributed by atoms with E-state index in [1.807, 2.05) is 0 Å². The Morgan fingerprint density at radius 2 is 1.74 bits per heavy atom. The average Bonchev–Trinajstić information content (AvgIpc) is 2.38. The van der Waals surface area contributed by atoms with Crippen LogP contribution in [-0.2, 0) is 0 Å². The van der Waals surface area contributed by atoms with Crippen molar-refractivity contribution in [1.29, 1.82) is 0 Å². The van der Waals surface area contributed by atoms with Gasteiger partial charge in [0.15, 0.2) is 23.3 Å². The van der Waals surface area contributed by atoms with E-state index in [4.69, 9.17) is 5.11 Å². The third-order valence-corrected chi connectivity index (χ3v) is 2.93.